The Morgan fingerprint density at radius 2 is 2.03 bits per heavy atom. The van der Waals surface area contributed by atoms with E-state index in [0.717, 1.165) is 4.88 Å². The first kappa shape index (κ1) is 20.3. The van der Waals surface area contributed by atoms with Crippen LogP contribution in [-0.2, 0) is 4.79 Å². The van der Waals surface area contributed by atoms with E-state index in [-0.39, 0.29) is 11.3 Å². The van der Waals surface area contributed by atoms with Crippen LogP contribution < -0.4 is 24.4 Å². The SMILES string of the molecule is COc1ccc([C@@H]2C(C(C)=O)=C(C)N=c3s/c(=C\c4cccs4)c(=O)n32)c(OC)c1. The van der Waals surface area contributed by atoms with Crippen molar-refractivity contribution in [2.75, 3.05) is 14.2 Å². The number of thiazole rings is 1. The zero-order valence-corrected chi connectivity index (χ0v) is 18.6. The van der Waals surface area contributed by atoms with Gasteiger partial charge in [0.05, 0.1) is 24.8 Å². The lowest BCUT2D eigenvalue weighted by Gasteiger charge is -2.26. The van der Waals surface area contributed by atoms with Gasteiger partial charge in [0.25, 0.3) is 5.56 Å². The lowest BCUT2D eigenvalue weighted by atomic mass is 9.92. The second-order valence-electron chi connectivity index (χ2n) is 6.76. The summed E-state index contributed by atoms with van der Waals surface area (Å²) in [4.78, 5) is 32.1. The molecule has 30 heavy (non-hydrogen) atoms. The zero-order valence-electron chi connectivity index (χ0n) is 17.0. The van der Waals surface area contributed by atoms with Crippen molar-refractivity contribution in [3.63, 3.8) is 0 Å². The highest BCUT2D eigenvalue weighted by atomic mass is 32.1. The summed E-state index contributed by atoms with van der Waals surface area (Å²) in [5.41, 5.74) is 1.62. The van der Waals surface area contributed by atoms with Crippen LogP contribution in [0.3, 0.4) is 0 Å². The predicted molar refractivity (Wildman–Crippen MR) is 118 cm³/mol. The van der Waals surface area contributed by atoms with E-state index < -0.39 is 6.04 Å². The molecule has 0 aliphatic carbocycles. The number of rotatable bonds is 5. The maximum atomic E-state index is 13.4. The minimum Gasteiger partial charge on any atom is -0.497 e. The number of hydrogen-bond acceptors (Lipinski definition) is 7. The average Bonchev–Trinajstić information content (AvgIpc) is 3.34. The van der Waals surface area contributed by atoms with Crippen LogP contribution in [0.1, 0.15) is 30.3 Å². The van der Waals surface area contributed by atoms with Crippen LogP contribution in [0, 0.1) is 0 Å². The van der Waals surface area contributed by atoms with E-state index in [4.69, 9.17) is 9.47 Å². The third-order valence-electron chi connectivity index (χ3n) is 4.95. The highest BCUT2D eigenvalue weighted by molar-refractivity contribution is 7.11. The van der Waals surface area contributed by atoms with Gasteiger partial charge in [-0.25, -0.2) is 4.99 Å². The smallest absolute Gasteiger partial charge is 0.271 e. The van der Waals surface area contributed by atoms with Crippen molar-refractivity contribution < 1.29 is 14.3 Å². The van der Waals surface area contributed by atoms with Crippen molar-refractivity contribution in [3.8, 4) is 11.5 Å². The summed E-state index contributed by atoms with van der Waals surface area (Å²) in [6.07, 6.45) is 1.86. The molecule has 0 spiro atoms. The molecule has 0 bridgehead atoms. The van der Waals surface area contributed by atoms with Gasteiger partial charge in [0.15, 0.2) is 10.6 Å². The number of allylic oxidation sites excluding steroid dienone is 2. The summed E-state index contributed by atoms with van der Waals surface area (Å²) in [6.45, 7) is 3.30. The number of benzene rings is 1. The number of thiophene rings is 1. The molecule has 0 amide bonds. The van der Waals surface area contributed by atoms with Crippen LogP contribution in [-0.4, -0.2) is 24.6 Å². The molecule has 1 aliphatic heterocycles. The molecule has 0 saturated carbocycles. The second kappa shape index (κ2) is 8.04. The van der Waals surface area contributed by atoms with Gasteiger partial charge in [-0.05, 0) is 43.5 Å². The van der Waals surface area contributed by atoms with Crippen molar-refractivity contribution in [1.82, 2.24) is 4.57 Å². The molecule has 3 heterocycles. The van der Waals surface area contributed by atoms with Gasteiger partial charge in [0, 0.05) is 27.8 Å². The highest BCUT2D eigenvalue weighted by Gasteiger charge is 2.32. The van der Waals surface area contributed by atoms with Gasteiger partial charge in [-0.15, -0.1) is 11.3 Å². The Morgan fingerprint density at radius 1 is 1.23 bits per heavy atom. The van der Waals surface area contributed by atoms with E-state index in [0.29, 0.717) is 37.7 Å². The second-order valence-corrected chi connectivity index (χ2v) is 8.75. The molecule has 0 unspecified atom stereocenters. The van der Waals surface area contributed by atoms with Crippen LogP contribution in [0.2, 0.25) is 0 Å². The zero-order chi connectivity index (χ0) is 21.4. The minimum atomic E-state index is -0.620. The van der Waals surface area contributed by atoms with Crippen LogP contribution in [0.4, 0.5) is 0 Å². The Balaban J connectivity index is 2.02. The summed E-state index contributed by atoms with van der Waals surface area (Å²) < 4.78 is 13.1. The minimum absolute atomic E-state index is 0.133. The van der Waals surface area contributed by atoms with E-state index in [1.807, 2.05) is 29.7 Å². The molecule has 1 atom stereocenters. The lowest BCUT2D eigenvalue weighted by Crippen LogP contribution is -2.39. The van der Waals surface area contributed by atoms with Gasteiger partial charge in [0.1, 0.15) is 11.5 Å². The van der Waals surface area contributed by atoms with Crippen LogP contribution in [0.15, 0.2) is 56.8 Å². The highest BCUT2D eigenvalue weighted by Crippen LogP contribution is 2.37. The van der Waals surface area contributed by atoms with Gasteiger partial charge >= 0.3 is 0 Å². The van der Waals surface area contributed by atoms with Gasteiger partial charge in [-0.1, -0.05) is 17.4 Å². The fraction of sp³-hybridized carbons (Fsp3) is 0.227. The maximum absolute atomic E-state index is 13.4. The fourth-order valence-electron chi connectivity index (χ4n) is 3.61. The molecule has 1 aromatic carbocycles. The molecule has 3 aromatic rings. The van der Waals surface area contributed by atoms with Crippen LogP contribution in [0.25, 0.3) is 6.08 Å². The number of aromatic nitrogens is 1. The Kier molecular flexibility index (Phi) is 5.44. The molecule has 0 fully saturated rings. The first-order valence-electron chi connectivity index (χ1n) is 9.23. The van der Waals surface area contributed by atoms with E-state index in [2.05, 4.69) is 4.99 Å². The maximum Gasteiger partial charge on any atom is 0.271 e. The number of ether oxygens (including phenoxy) is 2. The Labute approximate surface area is 181 Å². The number of fused-ring (bicyclic) bond motifs is 1. The topological polar surface area (TPSA) is 69.9 Å². The van der Waals surface area contributed by atoms with Crippen molar-refractivity contribution in [2.45, 2.75) is 19.9 Å². The van der Waals surface area contributed by atoms with Crippen molar-refractivity contribution in [2.24, 2.45) is 4.99 Å². The van der Waals surface area contributed by atoms with E-state index in [1.165, 1.54) is 18.3 Å². The van der Waals surface area contributed by atoms with Crippen molar-refractivity contribution in [3.05, 3.63) is 77.1 Å². The number of ketones is 1. The summed E-state index contributed by atoms with van der Waals surface area (Å²) in [5.74, 6) is 1.04. The summed E-state index contributed by atoms with van der Waals surface area (Å²) in [5, 5.41) is 1.96. The quantitative estimate of drug-likeness (QED) is 0.612. The number of methoxy groups -OCH3 is 2. The molecule has 2 aromatic heterocycles. The van der Waals surface area contributed by atoms with E-state index >= 15 is 0 Å². The molecule has 154 valence electrons. The van der Waals surface area contributed by atoms with E-state index in [9.17, 15) is 9.59 Å². The first-order valence-corrected chi connectivity index (χ1v) is 10.9. The number of carbonyl (C=O) groups excluding carboxylic acids is 1. The van der Waals surface area contributed by atoms with Gasteiger partial charge in [0.2, 0.25) is 0 Å². The predicted octanol–water partition coefficient (Wildman–Crippen LogP) is 2.90. The largest absolute Gasteiger partial charge is 0.497 e. The molecule has 8 heteroatoms. The molecular formula is C22H20N2O4S2. The summed E-state index contributed by atoms with van der Waals surface area (Å²) in [7, 11) is 3.13. The Morgan fingerprint density at radius 3 is 2.67 bits per heavy atom. The molecule has 0 radical (unpaired) electrons. The molecular weight excluding hydrogens is 420 g/mol. The number of hydrogen-bond donors (Lipinski definition) is 0. The lowest BCUT2D eigenvalue weighted by molar-refractivity contribution is -0.114. The molecule has 4 rings (SSSR count). The van der Waals surface area contributed by atoms with Gasteiger partial charge in [-0.2, -0.15) is 0 Å². The van der Waals surface area contributed by atoms with E-state index in [1.54, 1.807) is 49.2 Å². The normalized spacial score (nSPS) is 16.3. The third-order valence-corrected chi connectivity index (χ3v) is 6.76. The monoisotopic (exact) mass is 440 g/mol. The van der Waals surface area contributed by atoms with Crippen LogP contribution >= 0.6 is 22.7 Å². The standard InChI is InChI=1S/C22H20N2O4S2/c1-12-19(13(2)25)20(16-8-7-14(27-3)10-17(16)28-4)24-21(26)18(30-22(24)23-12)11-15-6-5-9-29-15/h5-11,20H,1-4H3/b18-11-/t20-/m1/s1. The summed E-state index contributed by atoms with van der Waals surface area (Å²) in [6, 6.07) is 8.66. The van der Waals surface area contributed by atoms with Crippen molar-refractivity contribution >= 4 is 34.5 Å². The number of carbonyl (C=O) groups is 1. The third kappa shape index (κ3) is 3.42. The first-order chi connectivity index (χ1) is 14.4. The summed E-state index contributed by atoms with van der Waals surface area (Å²) >= 11 is 2.88. The average molecular weight is 441 g/mol. The number of Topliss-reactive ketones (excluding diaryl/α,β-unsaturated/α-hetero) is 1. The van der Waals surface area contributed by atoms with Gasteiger partial charge in [-0.3, -0.25) is 14.2 Å². The molecule has 0 N–H and O–H groups in total. The number of nitrogens with zero attached hydrogens (tertiary/aromatic N) is 2. The van der Waals surface area contributed by atoms with Crippen LogP contribution in [0.5, 0.6) is 11.5 Å². The molecule has 0 saturated heterocycles. The van der Waals surface area contributed by atoms with Crippen molar-refractivity contribution in [1.29, 1.82) is 0 Å². The Bertz CT molecular complexity index is 1330. The fourth-order valence-corrected chi connectivity index (χ4v) is 5.38. The molecule has 1 aliphatic rings. The Hall–Kier alpha value is -2.97. The molecule has 6 nitrogen and oxygen atoms in total. The van der Waals surface area contributed by atoms with Gasteiger partial charge < -0.3 is 9.47 Å².